The van der Waals surface area contributed by atoms with Crippen LogP contribution in [0.4, 0.5) is 4.79 Å². The number of carbonyl (C=O) groups excluding carboxylic acids is 1. The Balaban J connectivity index is 1.97. The van der Waals surface area contributed by atoms with Crippen molar-refractivity contribution in [1.29, 1.82) is 0 Å². The number of urea groups is 1. The summed E-state index contributed by atoms with van der Waals surface area (Å²) in [6.45, 7) is 6.64. The van der Waals surface area contributed by atoms with Crippen molar-refractivity contribution in [1.82, 2.24) is 20.1 Å². The molecule has 5 heteroatoms. The first-order valence-electron chi connectivity index (χ1n) is 6.45. The number of aromatic nitrogens is 1. The van der Waals surface area contributed by atoms with E-state index in [4.69, 9.17) is 0 Å². The smallest absolute Gasteiger partial charge is 0.320 e. The summed E-state index contributed by atoms with van der Waals surface area (Å²) in [7, 11) is 0. The van der Waals surface area contributed by atoms with Gasteiger partial charge in [0.1, 0.15) is 0 Å². The van der Waals surface area contributed by atoms with Crippen molar-refractivity contribution in [3.63, 3.8) is 0 Å². The van der Waals surface area contributed by atoms with Gasteiger partial charge in [0.05, 0.1) is 12.2 Å². The van der Waals surface area contributed by atoms with Crippen molar-refractivity contribution in [3.05, 3.63) is 30.1 Å². The molecule has 0 unspecified atom stereocenters. The molecule has 2 amide bonds. The quantitative estimate of drug-likeness (QED) is 0.865. The maximum absolute atomic E-state index is 12.3. The molecule has 0 spiro atoms. The van der Waals surface area contributed by atoms with Gasteiger partial charge in [-0.15, -0.1) is 0 Å². The normalized spacial score (nSPS) is 15.5. The molecule has 1 aromatic heterocycles. The van der Waals surface area contributed by atoms with Crippen LogP contribution in [0.5, 0.6) is 0 Å². The number of hydrogen-bond acceptors (Lipinski definition) is 3. The molecule has 0 aromatic carbocycles. The fourth-order valence-corrected chi connectivity index (χ4v) is 2.06. The van der Waals surface area contributed by atoms with E-state index in [9.17, 15) is 4.79 Å². The van der Waals surface area contributed by atoms with Crippen LogP contribution < -0.4 is 5.32 Å². The summed E-state index contributed by atoms with van der Waals surface area (Å²) in [6.07, 6.45) is 1.76. The van der Waals surface area contributed by atoms with Gasteiger partial charge in [-0.3, -0.25) is 4.98 Å². The van der Waals surface area contributed by atoms with Gasteiger partial charge in [0.2, 0.25) is 0 Å². The molecule has 0 radical (unpaired) electrons. The van der Waals surface area contributed by atoms with Gasteiger partial charge in [-0.1, -0.05) is 6.07 Å². The average molecular weight is 248 g/mol. The number of rotatable bonds is 3. The Morgan fingerprint density at radius 1 is 1.44 bits per heavy atom. The molecule has 1 N–H and O–H groups in total. The van der Waals surface area contributed by atoms with Crippen molar-refractivity contribution in [2.75, 3.05) is 32.7 Å². The summed E-state index contributed by atoms with van der Waals surface area (Å²) in [4.78, 5) is 20.3. The number of hydrogen-bond donors (Lipinski definition) is 1. The predicted molar refractivity (Wildman–Crippen MR) is 70.2 cm³/mol. The Morgan fingerprint density at radius 2 is 2.22 bits per heavy atom. The molecule has 0 atom stereocenters. The zero-order valence-electron chi connectivity index (χ0n) is 10.8. The molecule has 0 bridgehead atoms. The molecule has 5 nitrogen and oxygen atoms in total. The highest BCUT2D eigenvalue weighted by atomic mass is 16.2. The summed E-state index contributed by atoms with van der Waals surface area (Å²) in [5, 5.41) is 3.25. The molecule has 1 fully saturated rings. The highest BCUT2D eigenvalue weighted by Crippen LogP contribution is 2.06. The third-order valence-corrected chi connectivity index (χ3v) is 3.12. The molecule has 98 valence electrons. The topological polar surface area (TPSA) is 48.5 Å². The fraction of sp³-hybridized carbons (Fsp3) is 0.538. The van der Waals surface area contributed by atoms with E-state index >= 15 is 0 Å². The number of nitrogens with zero attached hydrogens (tertiary/aromatic N) is 3. The summed E-state index contributed by atoms with van der Waals surface area (Å²) in [5.74, 6) is 0. The molecule has 2 rings (SSSR count). The van der Waals surface area contributed by atoms with Crippen LogP contribution in [0.25, 0.3) is 0 Å². The maximum atomic E-state index is 12.3. The highest BCUT2D eigenvalue weighted by Gasteiger charge is 2.21. The molecule has 1 aliphatic heterocycles. The third kappa shape index (κ3) is 3.20. The van der Waals surface area contributed by atoms with E-state index in [0.717, 1.165) is 31.9 Å². The lowest BCUT2D eigenvalue weighted by Crippen LogP contribution is -2.51. The lowest BCUT2D eigenvalue weighted by molar-refractivity contribution is 0.146. The summed E-state index contributed by atoms with van der Waals surface area (Å²) in [6, 6.07) is 5.90. The van der Waals surface area contributed by atoms with Gasteiger partial charge in [-0.2, -0.15) is 0 Å². The van der Waals surface area contributed by atoms with Crippen molar-refractivity contribution >= 4 is 6.03 Å². The van der Waals surface area contributed by atoms with E-state index in [1.807, 2.05) is 34.9 Å². The molecule has 18 heavy (non-hydrogen) atoms. The van der Waals surface area contributed by atoms with Crippen molar-refractivity contribution in [2.45, 2.75) is 13.5 Å². The largest absolute Gasteiger partial charge is 0.322 e. The first-order valence-corrected chi connectivity index (χ1v) is 6.45. The number of amides is 2. The van der Waals surface area contributed by atoms with Gasteiger partial charge < -0.3 is 15.1 Å². The molecule has 1 aromatic rings. The Hall–Kier alpha value is -1.62. The molecule has 1 saturated heterocycles. The van der Waals surface area contributed by atoms with Crippen LogP contribution in [-0.4, -0.2) is 53.5 Å². The minimum absolute atomic E-state index is 0.115. The predicted octanol–water partition coefficient (Wildman–Crippen LogP) is 0.929. The van der Waals surface area contributed by atoms with E-state index in [0.29, 0.717) is 13.1 Å². The van der Waals surface area contributed by atoms with Crippen LogP contribution in [-0.2, 0) is 6.54 Å². The summed E-state index contributed by atoms with van der Waals surface area (Å²) >= 11 is 0. The molecule has 0 saturated carbocycles. The van der Waals surface area contributed by atoms with E-state index < -0.39 is 0 Å². The lowest BCUT2D eigenvalue weighted by Gasteiger charge is -2.32. The van der Waals surface area contributed by atoms with Gasteiger partial charge in [-0.25, -0.2) is 4.79 Å². The Kier molecular flexibility index (Phi) is 4.52. The van der Waals surface area contributed by atoms with Gasteiger partial charge in [-0.05, 0) is 19.1 Å². The van der Waals surface area contributed by atoms with Gasteiger partial charge in [0.15, 0.2) is 0 Å². The van der Waals surface area contributed by atoms with E-state index in [1.54, 1.807) is 6.20 Å². The first kappa shape index (κ1) is 12.8. The number of nitrogens with one attached hydrogen (secondary N) is 1. The third-order valence-electron chi connectivity index (χ3n) is 3.12. The SMILES string of the molecule is CCN(Cc1ccccn1)C(=O)N1CCNCC1. The Bertz CT molecular complexity index is 376. The molecular weight excluding hydrogens is 228 g/mol. The number of carbonyl (C=O) groups is 1. The van der Waals surface area contributed by atoms with Crippen molar-refractivity contribution in [2.24, 2.45) is 0 Å². The summed E-state index contributed by atoms with van der Waals surface area (Å²) < 4.78 is 0. The van der Waals surface area contributed by atoms with Crippen LogP contribution in [0.3, 0.4) is 0 Å². The van der Waals surface area contributed by atoms with Gasteiger partial charge >= 0.3 is 6.03 Å². The second-order valence-corrected chi connectivity index (χ2v) is 4.35. The Labute approximate surface area is 108 Å². The van der Waals surface area contributed by atoms with E-state index in [-0.39, 0.29) is 6.03 Å². The Morgan fingerprint density at radius 3 is 2.83 bits per heavy atom. The standard InChI is InChI=1S/C13H20N4O/c1-2-16(11-12-5-3-4-6-15-12)13(18)17-9-7-14-8-10-17/h3-6,14H,2,7-11H2,1H3. The minimum Gasteiger partial charge on any atom is -0.322 e. The lowest BCUT2D eigenvalue weighted by atomic mass is 10.3. The fourth-order valence-electron chi connectivity index (χ4n) is 2.06. The van der Waals surface area contributed by atoms with Crippen LogP contribution in [0.15, 0.2) is 24.4 Å². The van der Waals surface area contributed by atoms with Crippen molar-refractivity contribution < 1.29 is 4.79 Å². The van der Waals surface area contributed by atoms with E-state index in [1.165, 1.54) is 0 Å². The molecule has 1 aliphatic rings. The number of pyridine rings is 1. The molecule has 2 heterocycles. The zero-order chi connectivity index (χ0) is 12.8. The molecule has 0 aliphatic carbocycles. The van der Waals surface area contributed by atoms with Crippen LogP contribution in [0.2, 0.25) is 0 Å². The van der Waals surface area contributed by atoms with Crippen LogP contribution >= 0.6 is 0 Å². The average Bonchev–Trinajstić information content (AvgIpc) is 2.46. The second kappa shape index (κ2) is 6.35. The number of piperazine rings is 1. The maximum Gasteiger partial charge on any atom is 0.320 e. The highest BCUT2D eigenvalue weighted by molar-refractivity contribution is 5.74. The second-order valence-electron chi connectivity index (χ2n) is 4.35. The van der Waals surface area contributed by atoms with E-state index in [2.05, 4.69) is 10.3 Å². The van der Waals surface area contributed by atoms with Crippen LogP contribution in [0.1, 0.15) is 12.6 Å². The van der Waals surface area contributed by atoms with Crippen molar-refractivity contribution in [3.8, 4) is 0 Å². The van der Waals surface area contributed by atoms with Gasteiger partial charge in [0.25, 0.3) is 0 Å². The first-order chi connectivity index (χ1) is 8.81. The zero-order valence-corrected chi connectivity index (χ0v) is 10.8. The molecular formula is C13H20N4O. The van der Waals surface area contributed by atoms with Gasteiger partial charge in [0, 0.05) is 38.9 Å². The summed E-state index contributed by atoms with van der Waals surface area (Å²) in [5.41, 5.74) is 0.933. The van der Waals surface area contributed by atoms with Crippen LogP contribution in [0, 0.1) is 0 Å². The monoisotopic (exact) mass is 248 g/mol. The minimum atomic E-state index is 0.115.